The van der Waals surface area contributed by atoms with E-state index in [2.05, 4.69) is 5.32 Å². The van der Waals surface area contributed by atoms with E-state index >= 15 is 0 Å². The van der Waals surface area contributed by atoms with E-state index in [9.17, 15) is 9.18 Å². The minimum absolute atomic E-state index is 0.000930. The van der Waals surface area contributed by atoms with Gasteiger partial charge in [0.05, 0.1) is 26.2 Å². The van der Waals surface area contributed by atoms with Crippen LogP contribution in [0.25, 0.3) is 0 Å². The number of hydrogen-bond donors (Lipinski definition) is 3. The van der Waals surface area contributed by atoms with Crippen LogP contribution in [0.2, 0.25) is 0 Å². The molecule has 1 atom stereocenters. The van der Waals surface area contributed by atoms with Crippen LogP contribution in [-0.2, 0) is 11.2 Å². The summed E-state index contributed by atoms with van der Waals surface area (Å²) in [5.41, 5.74) is 0.504. The van der Waals surface area contributed by atoms with Crippen molar-refractivity contribution in [2.45, 2.75) is 12.5 Å². The van der Waals surface area contributed by atoms with Gasteiger partial charge in [-0.2, -0.15) is 0 Å². The normalized spacial score (nSPS) is 12.0. The second-order valence-corrected chi connectivity index (χ2v) is 3.79. The molecule has 0 aromatic heterocycles. The van der Waals surface area contributed by atoms with E-state index in [-0.39, 0.29) is 24.6 Å². The van der Waals surface area contributed by atoms with E-state index in [4.69, 9.17) is 14.9 Å². The van der Waals surface area contributed by atoms with Gasteiger partial charge in [-0.05, 0) is 17.7 Å². The Bertz CT molecular complexity index is 411. The first-order chi connectivity index (χ1) is 8.56. The van der Waals surface area contributed by atoms with Crippen LogP contribution in [0.5, 0.6) is 5.75 Å². The lowest BCUT2D eigenvalue weighted by Crippen LogP contribution is -2.34. The molecule has 0 aliphatic carbocycles. The van der Waals surface area contributed by atoms with Crippen LogP contribution in [0.3, 0.4) is 0 Å². The number of methoxy groups -OCH3 is 1. The Morgan fingerprint density at radius 3 is 2.83 bits per heavy atom. The number of nitrogens with one attached hydrogen (secondary N) is 1. The average Bonchev–Trinajstić information content (AvgIpc) is 2.36. The third-order valence-electron chi connectivity index (χ3n) is 2.33. The Morgan fingerprint density at radius 1 is 1.56 bits per heavy atom. The van der Waals surface area contributed by atoms with Crippen LogP contribution in [0.4, 0.5) is 4.39 Å². The molecule has 1 rings (SSSR count). The molecule has 100 valence electrons. The summed E-state index contributed by atoms with van der Waals surface area (Å²) in [6, 6.07) is 4.26. The molecule has 0 saturated carbocycles. The van der Waals surface area contributed by atoms with E-state index in [1.807, 2.05) is 0 Å². The van der Waals surface area contributed by atoms with Gasteiger partial charge in [0, 0.05) is 6.54 Å². The second-order valence-electron chi connectivity index (χ2n) is 3.79. The fraction of sp³-hybridized carbons (Fsp3) is 0.417. The topological polar surface area (TPSA) is 78.8 Å². The number of hydrogen-bond acceptors (Lipinski definition) is 4. The summed E-state index contributed by atoms with van der Waals surface area (Å²) in [4.78, 5) is 11.4. The molecule has 6 heteroatoms. The smallest absolute Gasteiger partial charge is 0.224 e. The van der Waals surface area contributed by atoms with Gasteiger partial charge >= 0.3 is 0 Å². The highest BCUT2D eigenvalue weighted by atomic mass is 19.1. The molecule has 1 unspecified atom stereocenters. The van der Waals surface area contributed by atoms with Crippen LogP contribution >= 0.6 is 0 Å². The summed E-state index contributed by atoms with van der Waals surface area (Å²) >= 11 is 0. The van der Waals surface area contributed by atoms with Crippen LogP contribution < -0.4 is 10.1 Å². The first kappa shape index (κ1) is 14.4. The van der Waals surface area contributed by atoms with Crippen LogP contribution in [-0.4, -0.2) is 42.5 Å². The predicted octanol–water partition coefficient (Wildman–Crippen LogP) is -0.154. The minimum Gasteiger partial charge on any atom is -0.494 e. The highest BCUT2D eigenvalue weighted by Gasteiger charge is 2.09. The first-order valence-corrected chi connectivity index (χ1v) is 5.45. The number of carbonyl (C=O) groups is 1. The lowest BCUT2D eigenvalue weighted by Gasteiger charge is -2.09. The van der Waals surface area contributed by atoms with Gasteiger partial charge in [0.2, 0.25) is 5.91 Å². The number of amides is 1. The first-order valence-electron chi connectivity index (χ1n) is 5.45. The van der Waals surface area contributed by atoms with Gasteiger partial charge in [0.15, 0.2) is 11.6 Å². The van der Waals surface area contributed by atoms with Crippen LogP contribution in [0.1, 0.15) is 5.56 Å². The molecule has 1 aromatic carbocycles. The SMILES string of the molecule is COc1ccc(CC(=O)NCC(O)CO)cc1F. The number of ether oxygens (including phenoxy) is 1. The summed E-state index contributed by atoms with van der Waals surface area (Å²) in [5.74, 6) is -0.764. The lowest BCUT2D eigenvalue weighted by molar-refractivity contribution is -0.121. The number of halogens is 1. The molecule has 0 fully saturated rings. The number of rotatable bonds is 6. The van der Waals surface area contributed by atoms with Gasteiger partial charge in [-0.1, -0.05) is 6.07 Å². The molecule has 0 aliphatic heterocycles. The zero-order chi connectivity index (χ0) is 13.5. The maximum atomic E-state index is 13.3. The quantitative estimate of drug-likeness (QED) is 0.662. The summed E-state index contributed by atoms with van der Waals surface area (Å²) in [6.07, 6.45) is -0.986. The van der Waals surface area contributed by atoms with Gasteiger partial charge in [-0.15, -0.1) is 0 Å². The Balaban J connectivity index is 2.52. The molecule has 5 nitrogen and oxygen atoms in total. The zero-order valence-electron chi connectivity index (χ0n) is 10.0. The van der Waals surface area contributed by atoms with Crippen LogP contribution in [0, 0.1) is 5.82 Å². The highest BCUT2D eigenvalue weighted by molar-refractivity contribution is 5.78. The molecular weight excluding hydrogens is 241 g/mol. The van der Waals surface area contributed by atoms with E-state index in [1.165, 1.54) is 19.2 Å². The molecular formula is C12H16FNO4. The molecule has 0 radical (unpaired) electrons. The number of benzene rings is 1. The van der Waals surface area contributed by atoms with Gasteiger partial charge in [0.1, 0.15) is 0 Å². The predicted molar refractivity (Wildman–Crippen MR) is 62.8 cm³/mol. The summed E-state index contributed by atoms with van der Waals surface area (Å²) < 4.78 is 18.1. The Labute approximate surface area is 104 Å². The fourth-order valence-electron chi connectivity index (χ4n) is 1.36. The summed E-state index contributed by atoms with van der Waals surface area (Å²) in [5, 5.41) is 20.0. The third kappa shape index (κ3) is 4.31. The van der Waals surface area contributed by atoms with Crippen molar-refractivity contribution in [2.75, 3.05) is 20.3 Å². The van der Waals surface area contributed by atoms with Crippen molar-refractivity contribution < 1.29 is 24.1 Å². The van der Waals surface area contributed by atoms with Crippen LogP contribution in [0.15, 0.2) is 18.2 Å². The van der Waals surface area contributed by atoms with Crippen molar-refractivity contribution in [3.05, 3.63) is 29.6 Å². The average molecular weight is 257 g/mol. The van der Waals surface area contributed by atoms with Crippen molar-refractivity contribution in [2.24, 2.45) is 0 Å². The Morgan fingerprint density at radius 2 is 2.28 bits per heavy atom. The number of aliphatic hydroxyl groups is 2. The number of carbonyl (C=O) groups excluding carboxylic acids is 1. The Hall–Kier alpha value is -1.66. The van der Waals surface area contributed by atoms with Gasteiger partial charge in [0.25, 0.3) is 0 Å². The molecule has 1 aromatic rings. The molecule has 0 bridgehead atoms. The highest BCUT2D eigenvalue weighted by Crippen LogP contribution is 2.17. The molecule has 0 aliphatic rings. The standard InChI is InChI=1S/C12H16FNO4/c1-18-11-3-2-8(4-10(11)13)5-12(17)14-6-9(16)7-15/h2-4,9,15-16H,5-7H2,1H3,(H,14,17). The fourth-order valence-corrected chi connectivity index (χ4v) is 1.36. The van der Waals surface area contributed by atoms with E-state index in [1.54, 1.807) is 6.07 Å². The van der Waals surface area contributed by atoms with Crippen molar-refractivity contribution >= 4 is 5.91 Å². The summed E-state index contributed by atoms with van der Waals surface area (Å²) in [6.45, 7) is -0.453. The maximum Gasteiger partial charge on any atom is 0.224 e. The van der Waals surface area contributed by atoms with Crippen molar-refractivity contribution in [3.8, 4) is 5.75 Å². The van der Waals surface area contributed by atoms with Crippen molar-refractivity contribution in [1.82, 2.24) is 5.32 Å². The molecule has 1 amide bonds. The van der Waals surface area contributed by atoms with Gasteiger partial charge < -0.3 is 20.3 Å². The zero-order valence-corrected chi connectivity index (χ0v) is 10.0. The molecule has 3 N–H and O–H groups in total. The summed E-state index contributed by atoms with van der Waals surface area (Å²) in [7, 11) is 1.36. The van der Waals surface area contributed by atoms with E-state index < -0.39 is 18.5 Å². The lowest BCUT2D eigenvalue weighted by atomic mass is 10.1. The second kappa shape index (κ2) is 6.93. The third-order valence-corrected chi connectivity index (χ3v) is 2.33. The van der Waals surface area contributed by atoms with E-state index in [0.717, 1.165) is 0 Å². The van der Waals surface area contributed by atoms with Crippen molar-refractivity contribution in [3.63, 3.8) is 0 Å². The molecule has 0 heterocycles. The Kier molecular flexibility index (Phi) is 5.54. The van der Waals surface area contributed by atoms with Gasteiger partial charge in [-0.25, -0.2) is 4.39 Å². The molecule has 0 spiro atoms. The van der Waals surface area contributed by atoms with E-state index in [0.29, 0.717) is 5.56 Å². The largest absolute Gasteiger partial charge is 0.494 e. The molecule has 0 saturated heterocycles. The van der Waals surface area contributed by atoms with Gasteiger partial charge in [-0.3, -0.25) is 4.79 Å². The molecule has 18 heavy (non-hydrogen) atoms. The van der Waals surface area contributed by atoms with Crippen molar-refractivity contribution in [1.29, 1.82) is 0 Å². The maximum absolute atomic E-state index is 13.3. The number of aliphatic hydroxyl groups excluding tert-OH is 2. The monoisotopic (exact) mass is 257 g/mol. The minimum atomic E-state index is -0.985.